The molecule has 2 heterocycles. The summed E-state index contributed by atoms with van der Waals surface area (Å²) < 4.78 is 2.07. The van der Waals surface area contributed by atoms with Crippen molar-refractivity contribution in [3.05, 3.63) is 83.7 Å². The molecule has 25 heavy (non-hydrogen) atoms. The number of pyridine rings is 1. The van der Waals surface area contributed by atoms with E-state index >= 15 is 0 Å². The summed E-state index contributed by atoms with van der Waals surface area (Å²) in [4.78, 5) is 4.76. The van der Waals surface area contributed by atoms with Gasteiger partial charge < -0.3 is 9.51 Å². The Morgan fingerprint density at radius 3 is 2.60 bits per heavy atom. The number of aryl methyl sites for hydroxylation is 2. The Morgan fingerprint density at radius 1 is 0.920 bits per heavy atom. The van der Waals surface area contributed by atoms with Crippen molar-refractivity contribution in [2.24, 2.45) is 0 Å². The van der Waals surface area contributed by atoms with Crippen LogP contribution in [0.5, 0.6) is 0 Å². The Morgan fingerprint density at radius 2 is 1.80 bits per heavy atom. The molecule has 3 nitrogen and oxygen atoms in total. The van der Waals surface area contributed by atoms with Gasteiger partial charge in [0.1, 0.15) is 5.65 Å². The Hall–Kier alpha value is -2.91. The summed E-state index contributed by atoms with van der Waals surface area (Å²) in [5.74, 6) is 0. The van der Waals surface area contributed by atoms with E-state index < -0.39 is 0 Å². The molecule has 2 aromatic heterocycles. The van der Waals surface area contributed by atoms with Crippen molar-refractivity contribution in [3.8, 4) is 22.4 Å². The van der Waals surface area contributed by atoms with Crippen LogP contribution in [0.1, 0.15) is 16.7 Å². The molecule has 0 fully saturated rings. The summed E-state index contributed by atoms with van der Waals surface area (Å²) in [7, 11) is 0. The molecule has 0 bridgehead atoms. The van der Waals surface area contributed by atoms with Crippen LogP contribution < -0.4 is 0 Å². The number of imidazole rings is 1. The fourth-order valence-electron chi connectivity index (χ4n) is 3.24. The van der Waals surface area contributed by atoms with Crippen molar-refractivity contribution in [1.29, 1.82) is 0 Å². The van der Waals surface area contributed by atoms with Gasteiger partial charge in [-0.1, -0.05) is 42.0 Å². The van der Waals surface area contributed by atoms with Crippen LogP contribution in [0.15, 0.2) is 67.0 Å². The smallest absolute Gasteiger partial charge is 0.137 e. The van der Waals surface area contributed by atoms with Gasteiger partial charge >= 0.3 is 0 Å². The molecule has 0 atom stereocenters. The largest absolute Gasteiger partial charge is 0.392 e. The molecule has 3 heteroatoms. The second-order valence-electron chi connectivity index (χ2n) is 6.49. The van der Waals surface area contributed by atoms with E-state index in [1.165, 1.54) is 11.1 Å². The second-order valence-corrected chi connectivity index (χ2v) is 6.49. The normalized spacial score (nSPS) is 11.2. The number of hydrogen-bond donors (Lipinski definition) is 1. The molecule has 0 unspecified atom stereocenters. The molecule has 0 aliphatic carbocycles. The van der Waals surface area contributed by atoms with Crippen LogP contribution >= 0.6 is 0 Å². The van der Waals surface area contributed by atoms with Crippen molar-refractivity contribution in [3.63, 3.8) is 0 Å². The van der Waals surface area contributed by atoms with Crippen molar-refractivity contribution >= 4 is 5.65 Å². The maximum atomic E-state index is 9.34. The maximum Gasteiger partial charge on any atom is 0.137 e. The van der Waals surface area contributed by atoms with E-state index in [1.807, 2.05) is 24.3 Å². The lowest BCUT2D eigenvalue weighted by Crippen LogP contribution is -1.87. The van der Waals surface area contributed by atoms with Gasteiger partial charge in [0, 0.05) is 18.0 Å². The highest BCUT2D eigenvalue weighted by Gasteiger charge is 2.08. The lowest BCUT2D eigenvalue weighted by molar-refractivity contribution is 0.282. The van der Waals surface area contributed by atoms with Gasteiger partial charge in [-0.15, -0.1) is 0 Å². The first-order chi connectivity index (χ1) is 12.1. The number of aliphatic hydroxyl groups is 1. The molecule has 1 N–H and O–H groups in total. The van der Waals surface area contributed by atoms with Crippen LogP contribution in [0.3, 0.4) is 0 Å². The quantitative estimate of drug-likeness (QED) is 0.588. The number of nitrogens with zero attached hydrogens (tertiary/aromatic N) is 2. The Balaban J connectivity index is 1.79. The first kappa shape index (κ1) is 15.6. The van der Waals surface area contributed by atoms with Gasteiger partial charge in [-0.2, -0.15) is 0 Å². The fourth-order valence-corrected chi connectivity index (χ4v) is 3.24. The monoisotopic (exact) mass is 328 g/mol. The predicted octanol–water partition coefficient (Wildman–Crippen LogP) is 4.78. The van der Waals surface area contributed by atoms with Gasteiger partial charge in [-0.3, -0.25) is 0 Å². The van der Waals surface area contributed by atoms with Gasteiger partial charge in [0.25, 0.3) is 0 Å². The molecule has 0 saturated carbocycles. The van der Waals surface area contributed by atoms with E-state index in [2.05, 4.69) is 61.0 Å². The van der Waals surface area contributed by atoms with E-state index in [1.54, 1.807) is 0 Å². The zero-order chi connectivity index (χ0) is 17.4. The highest BCUT2D eigenvalue weighted by Crippen LogP contribution is 2.26. The summed E-state index contributed by atoms with van der Waals surface area (Å²) in [6.07, 6.45) is 4.16. The zero-order valence-electron chi connectivity index (χ0n) is 14.4. The summed E-state index contributed by atoms with van der Waals surface area (Å²) in [6.45, 7) is 4.28. The van der Waals surface area contributed by atoms with Gasteiger partial charge in [0.15, 0.2) is 0 Å². The molecule has 0 amide bonds. The van der Waals surface area contributed by atoms with Crippen molar-refractivity contribution in [1.82, 2.24) is 9.38 Å². The van der Waals surface area contributed by atoms with Gasteiger partial charge in [0.2, 0.25) is 0 Å². The van der Waals surface area contributed by atoms with E-state index in [0.717, 1.165) is 33.6 Å². The third-order valence-electron chi connectivity index (χ3n) is 4.55. The topological polar surface area (TPSA) is 37.5 Å². The number of fused-ring (bicyclic) bond motifs is 1. The molecule has 0 spiro atoms. The Labute approximate surface area is 147 Å². The standard InChI is InChI=1S/C22H20N2O/c1-15-6-8-20(16(2)10-15)21-13-24-12-19(7-9-22(24)23-21)18-5-3-4-17(11-18)14-25/h3-13,25H,14H2,1-2H3. The average molecular weight is 328 g/mol. The highest BCUT2D eigenvalue weighted by molar-refractivity contribution is 5.69. The van der Waals surface area contributed by atoms with E-state index in [-0.39, 0.29) is 6.61 Å². The third-order valence-corrected chi connectivity index (χ3v) is 4.55. The Bertz CT molecular complexity index is 1060. The average Bonchev–Trinajstić information content (AvgIpc) is 3.04. The van der Waals surface area contributed by atoms with Crippen molar-refractivity contribution < 1.29 is 5.11 Å². The third kappa shape index (κ3) is 2.94. The van der Waals surface area contributed by atoms with Crippen LogP contribution in [0.25, 0.3) is 28.0 Å². The molecule has 0 aliphatic heterocycles. The van der Waals surface area contributed by atoms with Crippen molar-refractivity contribution in [2.45, 2.75) is 20.5 Å². The molecule has 0 saturated heterocycles. The molecular weight excluding hydrogens is 308 g/mol. The molecule has 4 rings (SSSR count). The molecule has 124 valence electrons. The van der Waals surface area contributed by atoms with E-state index in [0.29, 0.717) is 0 Å². The minimum Gasteiger partial charge on any atom is -0.392 e. The minimum atomic E-state index is 0.0536. The van der Waals surface area contributed by atoms with Crippen LogP contribution in [-0.4, -0.2) is 14.5 Å². The summed E-state index contributed by atoms with van der Waals surface area (Å²) in [5.41, 5.74) is 8.69. The Kier molecular flexibility index (Phi) is 3.86. The fraction of sp³-hybridized carbons (Fsp3) is 0.136. The van der Waals surface area contributed by atoms with Gasteiger partial charge in [0.05, 0.1) is 12.3 Å². The first-order valence-corrected chi connectivity index (χ1v) is 8.40. The number of aliphatic hydroxyl groups excluding tert-OH is 1. The number of rotatable bonds is 3. The summed E-state index contributed by atoms with van der Waals surface area (Å²) in [6, 6.07) is 18.5. The lowest BCUT2D eigenvalue weighted by atomic mass is 10.0. The molecule has 0 radical (unpaired) electrons. The highest BCUT2D eigenvalue weighted by atomic mass is 16.3. The molecule has 4 aromatic rings. The minimum absolute atomic E-state index is 0.0536. The summed E-state index contributed by atoms with van der Waals surface area (Å²) >= 11 is 0. The molecule has 0 aliphatic rings. The maximum absolute atomic E-state index is 9.34. The second kappa shape index (κ2) is 6.19. The SMILES string of the molecule is Cc1ccc(-c2cn3cc(-c4cccc(CO)c4)ccc3n2)c(C)c1. The lowest BCUT2D eigenvalue weighted by Gasteiger charge is -2.04. The van der Waals surface area contributed by atoms with E-state index in [4.69, 9.17) is 4.98 Å². The number of aromatic nitrogens is 2. The summed E-state index contributed by atoms with van der Waals surface area (Å²) in [5, 5.41) is 9.34. The van der Waals surface area contributed by atoms with Crippen LogP contribution in [0, 0.1) is 13.8 Å². The van der Waals surface area contributed by atoms with Gasteiger partial charge in [-0.05, 0) is 54.3 Å². The van der Waals surface area contributed by atoms with Crippen molar-refractivity contribution in [2.75, 3.05) is 0 Å². The van der Waals surface area contributed by atoms with Crippen LogP contribution in [0.2, 0.25) is 0 Å². The zero-order valence-corrected chi connectivity index (χ0v) is 14.4. The van der Waals surface area contributed by atoms with E-state index in [9.17, 15) is 5.11 Å². The van der Waals surface area contributed by atoms with Gasteiger partial charge in [-0.25, -0.2) is 4.98 Å². The first-order valence-electron chi connectivity index (χ1n) is 8.40. The molecular formula is C22H20N2O. The molecule has 2 aromatic carbocycles. The number of hydrogen-bond acceptors (Lipinski definition) is 2. The van der Waals surface area contributed by atoms with Crippen LogP contribution in [-0.2, 0) is 6.61 Å². The number of benzene rings is 2. The predicted molar refractivity (Wildman–Crippen MR) is 101 cm³/mol. The van der Waals surface area contributed by atoms with Crippen LogP contribution in [0.4, 0.5) is 0 Å².